The first-order valence-corrected chi connectivity index (χ1v) is 5.50. The fourth-order valence-corrected chi connectivity index (χ4v) is 1.58. The van der Waals surface area contributed by atoms with Gasteiger partial charge >= 0.3 is 0 Å². The van der Waals surface area contributed by atoms with Crippen LogP contribution in [0.15, 0.2) is 29.5 Å². The van der Waals surface area contributed by atoms with Gasteiger partial charge in [-0.2, -0.15) is 5.10 Å². The van der Waals surface area contributed by atoms with E-state index in [1.165, 1.54) is 6.21 Å². The minimum Gasteiger partial charge on any atom is -0.497 e. The fourth-order valence-electron chi connectivity index (χ4n) is 1.53. The smallest absolute Gasteiger partial charge is 0.215 e. The molecule has 1 aromatic carbocycles. The zero-order chi connectivity index (χ0) is 13.1. The maximum absolute atomic E-state index is 9.23. The van der Waals surface area contributed by atoms with Crippen molar-refractivity contribution in [3.8, 4) is 5.75 Å². The molecule has 6 nitrogen and oxygen atoms in total. The van der Waals surface area contributed by atoms with Crippen LogP contribution in [0.1, 0.15) is 5.56 Å². The molecule has 2 rings (SSSR count). The number of nitrogens with one attached hydrogen (secondary N) is 1. The lowest BCUT2D eigenvalue weighted by molar-refractivity contribution is -0.00974. The van der Waals surface area contributed by atoms with Gasteiger partial charge in [0.05, 0.1) is 13.3 Å². The molecule has 0 saturated carbocycles. The van der Waals surface area contributed by atoms with Crippen LogP contribution >= 0.6 is 12.2 Å². The summed E-state index contributed by atoms with van der Waals surface area (Å²) in [7, 11) is 1.60. The summed E-state index contributed by atoms with van der Waals surface area (Å²) in [5, 5.41) is 14.1. The minimum atomic E-state index is -0.219. The van der Waals surface area contributed by atoms with Crippen molar-refractivity contribution in [2.45, 2.75) is 0 Å². The quantitative estimate of drug-likeness (QED) is 0.443. The molecule has 94 valence electrons. The summed E-state index contributed by atoms with van der Waals surface area (Å²) in [5.41, 5.74) is 6.93. The van der Waals surface area contributed by atoms with E-state index < -0.39 is 0 Å². The molecule has 0 amide bonds. The number of benzene rings is 1. The lowest BCUT2D eigenvalue weighted by atomic mass is 10.2. The topological polar surface area (TPSA) is 86.9 Å². The van der Waals surface area contributed by atoms with Gasteiger partial charge in [-0.3, -0.25) is 5.21 Å². The van der Waals surface area contributed by atoms with Gasteiger partial charge in [0.1, 0.15) is 5.75 Å². The number of H-pyrrole nitrogens is 1. The first-order valence-electron chi connectivity index (χ1n) is 5.09. The fraction of sp³-hybridized carbons (Fsp3) is 0.0909. The second-order valence-corrected chi connectivity index (χ2v) is 3.95. The molecule has 7 heteroatoms. The zero-order valence-electron chi connectivity index (χ0n) is 9.62. The molecule has 0 saturated heterocycles. The molecule has 0 aliphatic heterocycles. The molecule has 1 aromatic heterocycles. The van der Waals surface area contributed by atoms with Crippen molar-refractivity contribution in [3.63, 3.8) is 0 Å². The zero-order valence-corrected chi connectivity index (χ0v) is 10.4. The highest BCUT2D eigenvalue weighted by molar-refractivity contribution is 7.80. The van der Waals surface area contributed by atoms with Crippen molar-refractivity contribution in [1.82, 2.24) is 10.2 Å². The number of nitrogens with zero attached hydrogens (tertiary/aromatic N) is 2. The Hall–Kier alpha value is -2.12. The van der Waals surface area contributed by atoms with E-state index in [-0.39, 0.29) is 5.11 Å². The van der Waals surface area contributed by atoms with Crippen LogP contribution in [-0.2, 0) is 0 Å². The van der Waals surface area contributed by atoms with Gasteiger partial charge in [0, 0.05) is 22.7 Å². The molecule has 0 fully saturated rings. The Morgan fingerprint density at radius 3 is 3.06 bits per heavy atom. The summed E-state index contributed by atoms with van der Waals surface area (Å²) in [5.74, 6) is 0.743. The van der Waals surface area contributed by atoms with E-state index in [0.717, 1.165) is 22.2 Å². The minimum absolute atomic E-state index is 0.219. The number of rotatable bonds is 3. The van der Waals surface area contributed by atoms with Gasteiger partial charge in [-0.15, -0.1) is 5.17 Å². The third kappa shape index (κ3) is 2.41. The number of nitrogens with two attached hydrogens (primary N) is 1. The Bertz CT molecular complexity index is 608. The monoisotopic (exact) mass is 264 g/mol. The van der Waals surface area contributed by atoms with Gasteiger partial charge < -0.3 is 15.5 Å². The van der Waals surface area contributed by atoms with Gasteiger partial charge in [-0.1, -0.05) is 0 Å². The highest BCUT2D eigenvalue weighted by atomic mass is 32.1. The number of fused-ring (bicyclic) bond motifs is 1. The number of aromatic nitrogens is 1. The summed E-state index contributed by atoms with van der Waals surface area (Å²) in [4.78, 5) is 3.08. The molecule has 18 heavy (non-hydrogen) atoms. The number of hydroxylamine groups is 1. The third-order valence-corrected chi connectivity index (χ3v) is 2.59. The van der Waals surface area contributed by atoms with Crippen LogP contribution in [0.4, 0.5) is 0 Å². The van der Waals surface area contributed by atoms with E-state index in [4.69, 9.17) is 10.5 Å². The van der Waals surface area contributed by atoms with E-state index >= 15 is 0 Å². The van der Waals surface area contributed by atoms with Gasteiger partial charge in [0.15, 0.2) is 0 Å². The Kier molecular flexibility index (Phi) is 3.45. The number of methoxy groups -OCH3 is 1. The summed E-state index contributed by atoms with van der Waals surface area (Å²) >= 11 is 4.56. The predicted molar refractivity (Wildman–Crippen MR) is 72.9 cm³/mol. The Morgan fingerprint density at radius 2 is 2.39 bits per heavy atom. The molecule has 0 atom stereocenters. The van der Waals surface area contributed by atoms with Crippen LogP contribution in [-0.4, -0.2) is 33.8 Å². The van der Waals surface area contributed by atoms with E-state index in [9.17, 15) is 5.21 Å². The molecular weight excluding hydrogens is 252 g/mol. The lowest BCUT2D eigenvalue weighted by Crippen LogP contribution is -2.27. The summed E-state index contributed by atoms with van der Waals surface area (Å²) in [6, 6.07) is 5.62. The first kappa shape index (κ1) is 12.3. The highest BCUT2D eigenvalue weighted by Gasteiger charge is 2.04. The second-order valence-electron chi connectivity index (χ2n) is 3.53. The van der Waals surface area contributed by atoms with Crippen LogP contribution in [0, 0.1) is 0 Å². The van der Waals surface area contributed by atoms with Gasteiger partial charge in [-0.05, 0) is 30.4 Å². The molecule has 0 bridgehead atoms. The Balaban J connectivity index is 2.36. The molecule has 0 radical (unpaired) electrons. The third-order valence-electron chi connectivity index (χ3n) is 2.42. The normalized spacial score (nSPS) is 11.0. The number of aromatic amines is 1. The summed E-state index contributed by atoms with van der Waals surface area (Å²) in [6.45, 7) is 0. The lowest BCUT2D eigenvalue weighted by Gasteiger charge is -2.05. The largest absolute Gasteiger partial charge is 0.497 e. The van der Waals surface area contributed by atoms with Crippen LogP contribution < -0.4 is 10.5 Å². The van der Waals surface area contributed by atoms with Crippen molar-refractivity contribution in [2.24, 2.45) is 10.8 Å². The number of thiocarbonyl (C=S) groups is 1. The van der Waals surface area contributed by atoms with E-state index in [2.05, 4.69) is 22.3 Å². The Morgan fingerprint density at radius 1 is 1.61 bits per heavy atom. The van der Waals surface area contributed by atoms with Crippen molar-refractivity contribution >= 4 is 34.4 Å². The molecule has 0 spiro atoms. The second kappa shape index (κ2) is 5.03. The maximum atomic E-state index is 9.23. The van der Waals surface area contributed by atoms with Crippen LogP contribution in [0.25, 0.3) is 10.9 Å². The van der Waals surface area contributed by atoms with Crippen molar-refractivity contribution < 1.29 is 9.94 Å². The van der Waals surface area contributed by atoms with Crippen molar-refractivity contribution in [1.29, 1.82) is 0 Å². The average Bonchev–Trinajstić information content (AvgIpc) is 2.77. The van der Waals surface area contributed by atoms with Crippen molar-refractivity contribution in [3.05, 3.63) is 30.0 Å². The number of hydrogen-bond acceptors (Lipinski definition) is 4. The summed E-state index contributed by atoms with van der Waals surface area (Å²) < 4.78 is 5.15. The Labute approximate surface area is 109 Å². The van der Waals surface area contributed by atoms with E-state index in [0.29, 0.717) is 5.17 Å². The molecule has 1 heterocycles. The van der Waals surface area contributed by atoms with Crippen LogP contribution in [0.5, 0.6) is 5.75 Å². The summed E-state index contributed by atoms with van der Waals surface area (Å²) in [6.07, 6.45) is 3.22. The highest BCUT2D eigenvalue weighted by Crippen LogP contribution is 2.22. The number of hydrazone groups is 1. The molecule has 2 aromatic rings. The molecule has 4 N–H and O–H groups in total. The van der Waals surface area contributed by atoms with Crippen LogP contribution in [0.3, 0.4) is 0 Å². The van der Waals surface area contributed by atoms with Gasteiger partial charge in [0.25, 0.3) is 0 Å². The number of hydrogen-bond donors (Lipinski definition) is 3. The van der Waals surface area contributed by atoms with Crippen LogP contribution in [0.2, 0.25) is 0 Å². The first-order chi connectivity index (χ1) is 8.61. The molecular formula is C11H12N4O2S. The number of ether oxygens (including phenoxy) is 1. The SMILES string of the molecule is COc1ccc2[nH]cc(/C=N/N(O)C(N)=S)c2c1. The molecule has 0 aliphatic carbocycles. The predicted octanol–water partition coefficient (Wildman–Crippen LogP) is 1.45. The van der Waals surface area contributed by atoms with Gasteiger partial charge in [-0.25, -0.2) is 0 Å². The van der Waals surface area contributed by atoms with Crippen molar-refractivity contribution in [2.75, 3.05) is 7.11 Å². The van der Waals surface area contributed by atoms with Gasteiger partial charge in [0.2, 0.25) is 5.11 Å². The standard InChI is InChI=1S/C11H12N4O2S/c1-17-8-2-3-10-9(4-8)7(5-13-10)6-14-15(16)11(12)18/h2-6,13,16H,1H3,(H2,12,18)/b14-6+. The maximum Gasteiger partial charge on any atom is 0.215 e. The molecule has 0 unspecified atom stereocenters. The van der Waals surface area contributed by atoms with E-state index in [1.54, 1.807) is 13.3 Å². The molecule has 0 aliphatic rings. The average molecular weight is 264 g/mol. The van der Waals surface area contributed by atoms with E-state index in [1.807, 2.05) is 18.2 Å².